The minimum Gasteiger partial charge on any atom is -0.376 e. The van der Waals surface area contributed by atoms with Gasteiger partial charge in [0.15, 0.2) is 0 Å². The minimum atomic E-state index is -0.0396. The smallest absolute Gasteiger partial charge is 0.239 e. The van der Waals surface area contributed by atoms with E-state index in [0.29, 0.717) is 24.6 Å². The average molecular weight is 333 g/mol. The first-order valence-corrected chi connectivity index (χ1v) is 9.07. The van der Waals surface area contributed by atoms with Gasteiger partial charge < -0.3 is 10.1 Å². The molecule has 0 bridgehead atoms. The molecule has 1 aromatic rings. The summed E-state index contributed by atoms with van der Waals surface area (Å²) in [5, 5.41) is 13.2. The van der Waals surface area contributed by atoms with E-state index in [9.17, 15) is 10.1 Å². The van der Waals surface area contributed by atoms with E-state index in [2.05, 4.69) is 23.2 Å². The fourth-order valence-corrected chi connectivity index (χ4v) is 4.74. The summed E-state index contributed by atoms with van der Waals surface area (Å²) in [6, 6.07) is 2.30. The molecule has 1 fully saturated rings. The zero-order valence-electron chi connectivity index (χ0n) is 13.7. The molecule has 2 heterocycles. The van der Waals surface area contributed by atoms with Crippen molar-refractivity contribution >= 4 is 22.2 Å². The van der Waals surface area contributed by atoms with Gasteiger partial charge in [0.05, 0.1) is 24.8 Å². The lowest BCUT2D eigenvalue weighted by atomic mass is 9.89. The summed E-state index contributed by atoms with van der Waals surface area (Å²) in [6.07, 6.45) is 3.26. The number of hydrogen-bond donors (Lipinski definition) is 1. The van der Waals surface area contributed by atoms with Crippen molar-refractivity contribution in [2.45, 2.75) is 39.2 Å². The molecule has 5 nitrogen and oxygen atoms in total. The van der Waals surface area contributed by atoms with Crippen LogP contribution in [0.3, 0.4) is 0 Å². The Balaban J connectivity index is 1.68. The zero-order chi connectivity index (χ0) is 16.4. The Labute approximate surface area is 141 Å². The molecular formula is C17H23N3O2S. The van der Waals surface area contributed by atoms with E-state index in [1.165, 1.54) is 4.88 Å². The number of amides is 1. The first-order chi connectivity index (χ1) is 11.1. The van der Waals surface area contributed by atoms with Crippen molar-refractivity contribution in [3.8, 4) is 6.07 Å². The van der Waals surface area contributed by atoms with E-state index in [1.54, 1.807) is 11.3 Å². The molecule has 1 saturated heterocycles. The van der Waals surface area contributed by atoms with Gasteiger partial charge in [-0.2, -0.15) is 5.26 Å². The molecule has 1 aliphatic heterocycles. The molecule has 2 atom stereocenters. The van der Waals surface area contributed by atoms with Crippen molar-refractivity contribution in [3.63, 3.8) is 0 Å². The van der Waals surface area contributed by atoms with Crippen LogP contribution in [0.25, 0.3) is 0 Å². The molecule has 23 heavy (non-hydrogen) atoms. The first-order valence-electron chi connectivity index (χ1n) is 8.25. The maximum Gasteiger partial charge on any atom is 0.239 e. The average Bonchev–Trinajstić information content (AvgIpc) is 2.82. The van der Waals surface area contributed by atoms with Gasteiger partial charge in [-0.1, -0.05) is 6.92 Å². The monoisotopic (exact) mass is 333 g/mol. The van der Waals surface area contributed by atoms with Crippen molar-refractivity contribution in [1.82, 2.24) is 4.90 Å². The minimum absolute atomic E-state index is 0.0396. The number of nitrogens with one attached hydrogen (secondary N) is 1. The van der Waals surface area contributed by atoms with Crippen LogP contribution in [0, 0.1) is 17.2 Å². The van der Waals surface area contributed by atoms with E-state index in [-0.39, 0.29) is 12.0 Å². The standard InChI is InChI=1S/C17H23N3O2S/c1-11-3-4-13-14(8-18)17(23-15(13)7-11)19-16(21)10-20-5-6-22-12(2)9-20/h11-12H,3-7,9-10H2,1-2H3,(H,19,21)/t11-,12-/m1/s1. The number of hydrogen-bond acceptors (Lipinski definition) is 5. The van der Waals surface area contributed by atoms with Gasteiger partial charge in [0, 0.05) is 18.0 Å². The number of carbonyl (C=O) groups excluding carboxylic acids is 1. The maximum atomic E-state index is 12.3. The molecule has 1 N–H and O–H groups in total. The Morgan fingerprint density at radius 2 is 2.35 bits per heavy atom. The molecule has 0 spiro atoms. The van der Waals surface area contributed by atoms with Gasteiger partial charge in [-0.25, -0.2) is 0 Å². The highest BCUT2D eigenvalue weighted by atomic mass is 32.1. The van der Waals surface area contributed by atoms with Crippen molar-refractivity contribution in [2.24, 2.45) is 5.92 Å². The fraction of sp³-hybridized carbons (Fsp3) is 0.647. The normalized spacial score (nSPS) is 24.7. The molecule has 0 aromatic carbocycles. The Kier molecular flexibility index (Phi) is 5.00. The molecule has 3 rings (SSSR count). The molecule has 0 radical (unpaired) electrons. The van der Waals surface area contributed by atoms with Crippen LogP contribution < -0.4 is 5.32 Å². The van der Waals surface area contributed by atoms with Crippen molar-refractivity contribution in [2.75, 3.05) is 31.6 Å². The molecule has 1 aliphatic carbocycles. The van der Waals surface area contributed by atoms with E-state index in [1.807, 2.05) is 6.92 Å². The van der Waals surface area contributed by atoms with Crippen LogP contribution in [0.2, 0.25) is 0 Å². The van der Waals surface area contributed by atoms with Crippen molar-refractivity contribution in [1.29, 1.82) is 5.26 Å². The third kappa shape index (κ3) is 3.74. The Bertz CT molecular complexity index is 635. The quantitative estimate of drug-likeness (QED) is 0.922. The topological polar surface area (TPSA) is 65.4 Å². The molecule has 6 heteroatoms. The summed E-state index contributed by atoms with van der Waals surface area (Å²) in [5.41, 5.74) is 1.84. The third-order valence-corrected chi connectivity index (χ3v) is 5.74. The predicted octanol–water partition coefficient (Wildman–Crippen LogP) is 2.40. The fourth-order valence-electron chi connectivity index (χ4n) is 3.36. The SMILES string of the molecule is C[C@@H]1CCc2c(sc(NC(=O)CN3CCO[C@H](C)C3)c2C#N)C1. The molecule has 1 amide bonds. The highest BCUT2D eigenvalue weighted by Gasteiger charge is 2.25. The third-order valence-electron chi connectivity index (χ3n) is 4.57. The van der Waals surface area contributed by atoms with E-state index in [0.717, 1.165) is 42.9 Å². The molecule has 124 valence electrons. The number of ether oxygens (including phenoxy) is 1. The van der Waals surface area contributed by atoms with Gasteiger partial charge in [-0.05, 0) is 37.7 Å². The second-order valence-corrected chi connectivity index (χ2v) is 7.74. The Morgan fingerprint density at radius 3 is 3.09 bits per heavy atom. The van der Waals surface area contributed by atoms with E-state index >= 15 is 0 Å². The van der Waals surface area contributed by atoms with Crippen LogP contribution >= 0.6 is 11.3 Å². The largest absolute Gasteiger partial charge is 0.376 e. The summed E-state index contributed by atoms with van der Waals surface area (Å²) in [6.45, 7) is 6.85. The van der Waals surface area contributed by atoms with E-state index < -0.39 is 0 Å². The molecule has 1 aromatic heterocycles. The van der Waals surface area contributed by atoms with Crippen LogP contribution in [0.5, 0.6) is 0 Å². The van der Waals surface area contributed by atoms with Crippen LogP contribution in [0.4, 0.5) is 5.00 Å². The number of carbonyl (C=O) groups is 1. The second-order valence-electron chi connectivity index (χ2n) is 6.63. The summed E-state index contributed by atoms with van der Waals surface area (Å²) in [5.74, 6) is 0.619. The lowest BCUT2D eigenvalue weighted by molar-refractivity contribution is -0.119. The lowest BCUT2D eigenvalue weighted by Gasteiger charge is -2.30. The van der Waals surface area contributed by atoms with Gasteiger partial charge in [-0.3, -0.25) is 9.69 Å². The number of thiophene rings is 1. The summed E-state index contributed by atoms with van der Waals surface area (Å²) in [7, 11) is 0. The summed E-state index contributed by atoms with van der Waals surface area (Å²) in [4.78, 5) is 15.7. The second kappa shape index (κ2) is 7.00. The number of nitrogens with zero attached hydrogens (tertiary/aromatic N) is 2. The number of anilines is 1. The van der Waals surface area contributed by atoms with Gasteiger partial charge in [0.2, 0.25) is 5.91 Å². The van der Waals surface area contributed by atoms with Crippen LogP contribution in [0.15, 0.2) is 0 Å². The molecule has 0 saturated carbocycles. The molecule has 0 unspecified atom stereocenters. The lowest BCUT2D eigenvalue weighted by Crippen LogP contribution is -2.44. The highest BCUT2D eigenvalue weighted by molar-refractivity contribution is 7.16. The van der Waals surface area contributed by atoms with E-state index in [4.69, 9.17) is 4.74 Å². The van der Waals surface area contributed by atoms with Gasteiger partial charge in [-0.15, -0.1) is 11.3 Å². The van der Waals surface area contributed by atoms with Gasteiger partial charge in [0.25, 0.3) is 0 Å². The van der Waals surface area contributed by atoms with Gasteiger partial charge in [0.1, 0.15) is 11.1 Å². The number of nitriles is 1. The van der Waals surface area contributed by atoms with Crippen LogP contribution in [0.1, 0.15) is 36.3 Å². The highest BCUT2D eigenvalue weighted by Crippen LogP contribution is 2.39. The maximum absolute atomic E-state index is 12.3. The molecular weight excluding hydrogens is 310 g/mol. The number of morpholine rings is 1. The zero-order valence-corrected chi connectivity index (χ0v) is 14.5. The van der Waals surface area contributed by atoms with Crippen LogP contribution in [-0.4, -0.2) is 43.2 Å². The van der Waals surface area contributed by atoms with Crippen molar-refractivity contribution in [3.05, 3.63) is 16.0 Å². The van der Waals surface area contributed by atoms with Gasteiger partial charge >= 0.3 is 0 Å². The number of rotatable bonds is 3. The van der Waals surface area contributed by atoms with Crippen molar-refractivity contribution < 1.29 is 9.53 Å². The van der Waals surface area contributed by atoms with Crippen LogP contribution in [-0.2, 0) is 22.4 Å². The summed E-state index contributed by atoms with van der Waals surface area (Å²) >= 11 is 1.58. The molecule has 2 aliphatic rings. The number of fused-ring (bicyclic) bond motifs is 1. The Morgan fingerprint density at radius 1 is 1.52 bits per heavy atom. The Hall–Kier alpha value is -1.42. The first kappa shape index (κ1) is 16.4. The predicted molar refractivity (Wildman–Crippen MR) is 90.7 cm³/mol. The summed E-state index contributed by atoms with van der Waals surface area (Å²) < 4.78 is 5.50.